The topological polar surface area (TPSA) is 105 Å². The third kappa shape index (κ3) is 5.27. The second-order valence-electron chi connectivity index (χ2n) is 10.3. The van der Waals surface area contributed by atoms with Crippen molar-refractivity contribution in [3.05, 3.63) is 65.2 Å². The number of carbonyl (C=O) groups is 1. The van der Waals surface area contributed by atoms with E-state index in [2.05, 4.69) is 17.6 Å². The van der Waals surface area contributed by atoms with Crippen LogP contribution in [0.3, 0.4) is 0 Å². The predicted octanol–water partition coefficient (Wildman–Crippen LogP) is 3.34. The van der Waals surface area contributed by atoms with E-state index in [0.29, 0.717) is 23.6 Å². The highest BCUT2D eigenvalue weighted by molar-refractivity contribution is 5.97. The van der Waals surface area contributed by atoms with Gasteiger partial charge in [0.25, 0.3) is 0 Å². The largest absolute Gasteiger partial charge is 0.496 e. The molecule has 9 heteroatoms. The maximum Gasteiger partial charge on any atom is 0.337 e. The summed E-state index contributed by atoms with van der Waals surface area (Å²) in [6, 6.07) is 15.0. The van der Waals surface area contributed by atoms with Gasteiger partial charge in [0.1, 0.15) is 36.2 Å². The van der Waals surface area contributed by atoms with Crippen LogP contribution < -0.4 is 25.0 Å². The first-order valence-corrected chi connectivity index (χ1v) is 13.2. The van der Waals surface area contributed by atoms with Crippen molar-refractivity contribution < 1.29 is 28.8 Å². The molecule has 0 aromatic heterocycles. The number of carbonyl (C=O) groups excluding carboxylic acids is 1. The molecule has 3 aromatic carbocycles. The van der Waals surface area contributed by atoms with Gasteiger partial charge in [-0.3, -0.25) is 5.32 Å². The summed E-state index contributed by atoms with van der Waals surface area (Å²) in [5.41, 5.74) is 3.20. The summed E-state index contributed by atoms with van der Waals surface area (Å²) in [6.07, 6.45) is -1.45. The SMILES string of the molecule is CNC(C)C1OC1NC1C(C)Oc2cc(C)ccc2N(Cc2c(OC)ccc3cc(C(=O)OC)ccc23)C1O. The number of hydrogen-bond acceptors (Lipinski definition) is 9. The van der Waals surface area contributed by atoms with Crippen LogP contribution >= 0.6 is 0 Å². The monoisotopic (exact) mass is 535 g/mol. The first-order chi connectivity index (χ1) is 18.7. The van der Waals surface area contributed by atoms with E-state index in [1.54, 1.807) is 13.2 Å². The van der Waals surface area contributed by atoms with Crippen LogP contribution in [0.1, 0.15) is 35.3 Å². The molecule has 6 atom stereocenters. The Morgan fingerprint density at radius 1 is 1.15 bits per heavy atom. The number of benzene rings is 3. The summed E-state index contributed by atoms with van der Waals surface area (Å²) in [7, 11) is 4.91. The molecule has 0 amide bonds. The van der Waals surface area contributed by atoms with Gasteiger partial charge in [0.05, 0.1) is 31.5 Å². The molecule has 5 rings (SSSR count). The Hall–Kier alpha value is -3.37. The fraction of sp³-hybridized carbons (Fsp3) is 0.433. The fourth-order valence-corrected chi connectivity index (χ4v) is 5.34. The van der Waals surface area contributed by atoms with Gasteiger partial charge in [-0.15, -0.1) is 0 Å². The molecule has 0 aliphatic carbocycles. The molecule has 0 saturated carbocycles. The standard InChI is InChI=1S/C30H37N3O6/c1-16-7-11-23-25(13-16)38-18(3)26(32-28-27(39-28)17(2)31-4)29(34)33(23)15-22-21-10-8-20(30(35)37-6)14-19(21)9-12-24(22)36-5/h7-14,17-18,26-29,31-32,34H,15H2,1-6H3. The minimum Gasteiger partial charge on any atom is -0.496 e. The highest BCUT2D eigenvalue weighted by Crippen LogP contribution is 2.39. The van der Waals surface area contributed by atoms with Crippen molar-refractivity contribution in [2.45, 2.75) is 64.1 Å². The first kappa shape index (κ1) is 27.2. The molecule has 2 aliphatic heterocycles. The van der Waals surface area contributed by atoms with Crippen molar-refractivity contribution in [1.29, 1.82) is 0 Å². The van der Waals surface area contributed by atoms with Crippen LogP contribution in [-0.2, 0) is 16.0 Å². The Balaban J connectivity index is 1.55. The number of ether oxygens (including phenoxy) is 4. The lowest BCUT2D eigenvalue weighted by atomic mass is 9.99. The van der Waals surface area contributed by atoms with E-state index in [0.717, 1.165) is 27.6 Å². The smallest absolute Gasteiger partial charge is 0.337 e. The number of rotatable bonds is 8. The Labute approximate surface area is 229 Å². The number of methoxy groups -OCH3 is 2. The minimum atomic E-state index is -0.937. The highest BCUT2D eigenvalue weighted by atomic mass is 16.6. The van der Waals surface area contributed by atoms with Gasteiger partial charge in [0.15, 0.2) is 0 Å². The molecule has 2 heterocycles. The molecular formula is C30H37N3O6. The Morgan fingerprint density at radius 3 is 2.67 bits per heavy atom. The number of esters is 1. The van der Waals surface area contributed by atoms with Crippen LogP contribution in [0.5, 0.6) is 11.5 Å². The second-order valence-corrected chi connectivity index (χ2v) is 10.3. The molecule has 6 unspecified atom stereocenters. The van der Waals surface area contributed by atoms with Crippen LogP contribution in [0.4, 0.5) is 5.69 Å². The lowest BCUT2D eigenvalue weighted by molar-refractivity contribution is 0.0588. The van der Waals surface area contributed by atoms with Gasteiger partial charge >= 0.3 is 5.97 Å². The Bertz CT molecular complexity index is 1360. The number of hydrogen-bond donors (Lipinski definition) is 3. The number of epoxide rings is 1. The molecule has 0 radical (unpaired) electrons. The number of nitrogens with zero attached hydrogens (tertiary/aromatic N) is 1. The van der Waals surface area contributed by atoms with Gasteiger partial charge in [-0.25, -0.2) is 4.79 Å². The van der Waals surface area contributed by atoms with E-state index in [1.165, 1.54) is 7.11 Å². The number of anilines is 1. The van der Waals surface area contributed by atoms with Gasteiger partial charge in [-0.1, -0.05) is 18.2 Å². The zero-order chi connectivity index (χ0) is 27.8. The molecular weight excluding hydrogens is 498 g/mol. The average Bonchev–Trinajstić information content (AvgIpc) is 3.73. The second kappa shape index (κ2) is 11.0. The van der Waals surface area contributed by atoms with E-state index in [9.17, 15) is 9.90 Å². The predicted molar refractivity (Wildman–Crippen MR) is 149 cm³/mol. The van der Waals surface area contributed by atoms with Crippen LogP contribution in [0.25, 0.3) is 10.8 Å². The van der Waals surface area contributed by atoms with Gasteiger partial charge < -0.3 is 34.3 Å². The molecule has 39 heavy (non-hydrogen) atoms. The van der Waals surface area contributed by atoms with Crippen molar-refractivity contribution in [3.63, 3.8) is 0 Å². The molecule has 208 valence electrons. The number of likely N-dealkylation sites (N-methyl/N-ethyl adjacent to an activating group) is 1. The number of nitrogens with one attached hydrogen (secondary N) is 2. The maximum atomic E-state index is 12.1. The van der Waals surface area contributed by atoms with Crippen LogP contribution in [-0.4, -0.2) is 69.1 Å². The molecule has 1 fully saturated rings. The Morgan fingerprint density at radius 2 is 1.95 bits per heavy atom. The summed E-state index contributed by atoms with van der Waals surface area (Å²) in [5.74, 6) is 0.995. The maximum absolute atomic E-state index is 12.1. The van der Waals surface area contributed by atoms with Crippen LogP contribution in [0.15, 0.2) is 48.5 Å². The molecule has 3 N–H and O–H groups in total. The van der Waals surface area contributed by atoms with Crippen molar-refractivity contribution in [2.75, 3.05) is 26.2 Å². The number of fused-ring (bicyclic) bond motifs is 2. The zero-order valence-electron chi connectivity index (χ0n) is 23.2. The van der Waals surface area contributed by atoms with Gasteiger partial charge in [-0.2, -0.15) is 0 Å². The van der Waals surface area contributed by atoms with Gasteiger partial charge in [0.2, 0.25) is 0 Å². The van der Waals surface area contributed by atoms with Crippen molar-refractivity contribution in [2.24, 2.45) is 0 Å². The first-order valence-electron chi connectivity index (χ1n) is 13.2. The lowest BCUT2D eigenvalue weighted by Crippen LogP contribution is -2.56. The van der Waals surface area contributed by atoms with E-state index in [-0.39, 0.29) is 24.5 Å². The van der Waals surface area contributed by atoms with Crippen LogP contribution in [0.2, 0.25) is 0 Å². The molecule has 9 nitrogen and oxygen atoms in total. The number of aliphatic hydroxyl groups excluding tert-OH is 1. The number of aryl methyl sites for hydroxylation is 1. The van der Waals surface area contributed by atoms with Gasteiger partial charge in [-0.05, 0) is 74.5 Å². The lowest BCUT2D eigenvalue weighted by Gasteiger charge is -2.34. The normalized spacial score (nSPS) is 24.9. The molecule has 0 bridgehead atoms. The zero-order valence-corrected chi connectivity index (χ0v) is 23.2. The fourth-order valence-electron chi connectivity index (χ4n) is 5.34. The van der Waals surface area contributed by atoms with E-state index < -0.39 is 18.2 Å². The van der Waals surface area contributed by atoms with Crippen LogP contribution in [0, 0.1) is 6.92 Å². The summed E-state index contributed by atoms with van der Waals surface area (Å²) in [5, 5.41) is 20.4. The molecule has 1 saturated heterocycles. The van der Waals surface area contributed by atoms with Crippen molar-refractivity contribution in [1.82, 2.24) is 10.6 Å². The summed E-state index contributed by atoms with van der Waals surface area (Å²) < 4.78 is 23.0. The molecule has 3 aromatic rings. The molecule has 2 aliphatic rings. The quantitative estimate of drug-likeness (QED) is 0.296. The summed E-state index contributed by atoms with van der Waals surface area (Å²) >= 11 is 0. The third-order valence-corrected chi connectivity index (χ3v) is 7.77. The average molecular weight is 536 g/mol. The minimum absolute atomic E-state index is 0.0119. The van der Waals surface area contributed by atoms with E-state index in [1.807, 2.05) is 68.3 Å². The van der Waals surface area contributed by atoms with E-state index >= 15 is 0 Å². The summed E-state index contributed by atoms with van der Waals surface area (Å²) in [4.78, 5) is 14.1. The third-order valence-electron chi connectivity index (χ3n) is 7.77. The van der Waals surface area contributed by atoms with Crippen molar-refractivity contribution in [3.8, 4) is 11.5 Å². The molecule has 0 spiro atoms. The summed E-state index contributed by atoms with van der Waals surface area (Å²) in [6.45, 7) is 6.39. The van der Waals surface area contributed by atoms with Crippen molar-refractivity contribution >= 4 is 22.4 Å². The Kier molecular flexibility index (Phi) is 7.68. The number of aliphatic hydroxyl groups is 1. The van der Waals surface area contributed by atoms with Gasteiger partial charge in [0, 0.05) is 18.2 Å². The van der Waals surface area contributed by atoms with E-state index in [4.69, 9.17) is 18.9 Å². The highest BCUT2D eigenvalue weighted by Gasteiger charge is 2.47.